The first-order valence-electron chi connectivity index (χ1n) is 11.8. The molecule has 0 atom stereocenters. The minimum Gasteiger partial charge on any atom is -0.462 e. The Morgan fingerprint density at radius 1 is 1.00 bits per heavy atom. The molecule has 0 bridgehead atoms. The van der Waals surface area contributed by atoms with E-state index in [1.165, 1.54) is 4.31 Å². The van der Waals surface area contributed by atoms with Crippen LogP contribution in [0.1, 0.15) is 59.6 Å². The van der Waals surface area contributed by atoms with E-state index < -0.39 is 16.0 Å². The van der Waals surface area contributed by atoms with Gasteiger partial charge in [-0.25, -0.2) is 13.2 Å². The smallest absolute Gasteiger partial charge is 0.341 e. The molecule has 1 aromatic heterocycles. The van der Waals surface area contributed by atoms with Crippen LogP contribution in [0.2, 0.25) is 0 Å². The molecule has 0 spiro atoms. The molecule has 9 heteroatoms. The Kier molecular flexibility index (Phi) is 7.88. The first-order chi connectivity index (χ1) is 16.0. The number of hydrogen-bond donors (Lipinski definition) is 1. The van der Waals surface area contributed by atoms with Crippen LogP contribution < -0.4 is 5.32 Å². The molecular weight excluding hydrogens is 454 g/mol. The Hall–Kier alpha value is -2.65. The van der Waals surface area contributed by atoms with Crippen molar-refractivity contribution in [1.82, 2.24) is 8.87 Å². The number of nitrogens with zero attached hydrogens (tertiary/aromatic N) is 2. The standard InChI is InChI=1S/C25H35N3O5S/c1-7-28-18(5)22(25(30)33-8-2)23(19(28)6)34(31,32)27-11-9-20(10-12-27)24(29)26-21-14-16(3)13-17(4)15-21/h13-15,20H,7-12H2,1-6H3,(H,26,29). The molecule has 0 saturated carbocycles. The number of esters is 1. The Morgan fingerprint density at radius 2 is 1.59 bits per heavy atom. The largest absolute Gasteiger partial charge is 0.462 e. The molecule has 2 aromatic rings. The van der Waals surface area contributed by atoms with Gasteiger partial charge < -0.3 is 14.6 Å². The molecule has 1 saturated heterocycles. The molecule has 0 unspecified atom stereocenters. The van der Waals surface area contributed by atoms with Crippen LogP contribution in [0.4, 0.5) is 5.69 Å². The number of hydrogen-bond acceptors (Lipinski definition) is 5. The maximum atomic E-state index is 13.7. The number of sulfonamides is 1. The molecular formula is C25H35N3O5S. The van der Waals surface area contributed by atoms with Crippen LogP contribution in [-0.2, 0) is 26.1 Å². The fraction of sp³-hybridized carbons (Fsp3) is 0.520. The monoisotopic (exact) mass is 489 g/mol. The van der Waals surface area contributed by atoms with Gasteiger partial charge in [0, 0.05) is 42.6 Å². The number of anilines is 1. The van der Waals surface area contributed by atoms with Crippen molar-refractivity contribution in [1.29, 1.82) is 0 Å². The number of rotatable bonds is 7. The molecule has 1 fully saturated rings. The minimum atomic E-state index is -3.94. The molecule has 0 radical (unpaired) electrons. The average Bonchev–Trinajstić information content (AvgIpc) is 3.03. The van der Waals surface area contributed by atoms with Gasteiger partial charge >= 0.3 is 5.97 Å². The zero-order chi connectivity index (χ0) is 25.2. The van der Waals surface area contributed by atoms with E-state index >= 15 is 0 Å². The minimum absolute atomic E-state index is 0.0171. The molecule has 1 aliphatic heterocycles. The molecule has 2 heterocycles. The number of amides is 1. The Morgan fingerprint density at radius 3 is 2.12 bits per heavy atom. The Labute approximate surface area is 202 Å². The van der Waals surface area contributed by atoms with Gasteiger partial charge in [-0.3, -0.25) is 4.79 Å². The van der Waals surface area contributed by atoms with E-state index in [2.05, 4.69) is 5.32 Å². The number of ether oxygens (including phenoxy) is 1. The summed E-state index contributed by atoms with van der Waals surface area (Å²) in [5.41, 5.74) is 4.11. The van der Waals surface area contributed by atoms with E-state index in [1.54, 1.807) is 20.8 Å². The average molecular weight is 490 g/mol. The quantitative estimate of drug-likeness (QED) is 0.594. The van der Waals surface area contributed by atoms with Gasteiger partial charge in [-0.1, -0.05) is 6.07 Å². The third-order valence-electron chi connectivity index (χ3n) is 6.43. The summed E-state index contributed by atoms with van der Waals surface area (Å²) in [4.78, 5) is 25.5. The zero-order valence-electron chi connectivity index (χ0n) is 20.9. The number of piperidine rings is 1. The molecule has 3 rings (SSSR count). The highest BCUT2D eigenvalue weighted by Gasteiger charge is 2.38. The van der Waals surface area contributed by atoms with Crippen molar-refractivity contribution in [2.24, 2.45) is 5.92 Å². The molecule has 1 aliphatic rings. The second-order valence-corrected chi connectivity index (χ2v) is 10.8. The number of nitrogens with one attached hydrogen (secondary N) is 1. The Balaban J connectivity index is 1.80. The second kappa shape index (κ2) is 10.3. The van der Waals surface area contributed by atoms with E-state index in [1.807, 2.05) is 43.5 Å². The molecule has 1 amide bonds. The third-order valence-corrected chi connectivity index (χ3v) is 8.50. The highest BCUT2D eigenvalue weighted by atomic mass is 32.2. The van der Waals surface area contributed by atoms with Gasteiger partial charge in [-0.15, -0.1) is 0 Å². The summed E-state index contributed by atoms with van der Waals surface area (Å²) >= 11 is 0. The summed E-state index contributed by atoms with van der Waals surface area (Å²) in [6, 6.07) is 5.88. The first-order valence-corrected chi connectivity index (χ1v) is 13.2. The van der Waals surface area contributed by atoms with Gasteiger partial charge in [0.15, 0.2) is 0 Å². The number of carbonyl (C=O) groups excluding carboxylic acids is 2. The summed E-state index contributed by atoms with van der Waals surface area (Å²) in [5.74, 6) is -1.00. The molecule has 186 valence electrons. The first kappa shape index (κ1) is 26.0. The molecule has 1 N–H and O–H groups in total. The molecule has 0 aliphatic carbocycles. The highest BCUT2D eigenvalue weighted by molar-refractivity contribution is 7.89. The van der Waals surface area contributed by atoms with Crippen LogP contribution in [0.15, 0.2) is 23.1 Å². The van der Waals surface area contributed by atoms with Crippen molar-refractivity contribution in [2.45, 2.75) is 65.8 Å². The lowest BCUT2D eigenvalue weighted by atomic mass is 9.97. The summed E-state index contributed by atoms with van der Waals surface area (Å²) in [7, 11) is -3.94. The molecule has 34 heavy (non-hydrogen) atoms. The van der Waals surface area contributed by atoms with Crippen molar-refractivity contribution < 1.29 is 22.7 Å². The van der Waals surface area contributed by atoms with Crippen molar-refractivity contribution in [3.63, 3.8) is 0 Å². The van der Waals surface area contributed by atoms with Gasteiger partial charge in [-0.05, 0) is 77.6 Å². The summed E-state index contributed by atoms with van der Waals surface area (Å²) < 4.78 is 35.7. The number of aryl methyl sites for hydroxylation is 2. The van der Waals surface area contributed by atoms with Crippen molar-refractivity contribution in [2.75, 3.05) is 25.0 Å². The van der Waals surface area contributed by atoms with Gasteiger partial charge in [0.1, 0.15) is 10.5 Å². The lowest BCUT2D eigenvalue weighted by Gasteiger charge is -2.30. The fourth-order valence-electron chi connectivity index (χ4n) is 4.87. The van der Waals surface area contributed by atoms with E-state index in [0.29, 0.717) is 30.8 Å². The maximum absolute atomic E-state index is 13.7. The van der Waals surface area contributed by atoms with E-state index in [-0.39, 0.29) is 42.0 Å². The predicted molar refractivity (Wildman–Crippen MR) is 132 cm³/mol. The fourth-order valence-corrected chi connectivity index (χ4v) is 6.79. The van der Waals surface area contributed by atoms with Crippen molar-refractivity contribution >= 4 is 27.6 Å². The van der Waals surface area contributed by atoms with Crippen molar-refractivity contribution in [3.05, 3.63) is 46.3 Å². The SMILES string of the molecule is CCOC(=O)c1c(S(=O)(=O)N2CCC(C(=O)Nc3cc(C)cc(C)c3)CC2)c(C)n(CC)c1C. The van der Waals surface area contributed by atoms with Crippen LogP contribution in [0.3, 0.4) is 0 Å². The Bertz CT molecular complexity index is 1170. The lowest BCUT2D eigenvalue weighted by Crippen LogP contribution is -2.42. The van der Waals surface area contributed by atoms with Gasteiger partial charge in [-0.2, -0.15) is 4.31 Å². The van der Waals surface area contributed by atoms with E-state index in [0.717, 1.165) is 16.8 Å². The van der Waals surface area contributed by atoms with Crippen LogP contribution in [0, 0.1) is 33.6 Å². The summed E-state index contributed by atoms with van der Waals surface area (Å²) in [6.45, 7) is 12.1. The topological polar surface area (TPSA) is 97.7 Å². The molecule has 1 aromatic carbocycles. The summed E-state index contributed by atoms with van der Waals surface area (Å²) in [5, 5.41) is 2.97. The van der Waals surface area contributed by atoms with Gasteiger partial charge in [0.25, 0.3) is 0 Å². The van der Waals surface area contributed by atoms with Crippen molar-refractivity contribution in [3.8, 4) is 0 Å². The number of benzene rings is 1. The van der Waals surface area contributed by atoms with Crippen LogP contribution in [0.25, 0.3) is 0 Å². The van der Waals surface area contributed by atoms with Gasteiger partial charge in [0.2, 0.25) is 15.9 Å². The van der Waals surface area contributed by atoms with E-state index in [9.17, 15) is 18.0 Å². The predicted octanol–water partition coefficient (Wildman–Crippen LogP) is 3.96. The number of carbonyl (C=O) groups is 2. The van der Waals surface area contributed by atoms with Crippen LogP contribution in [0.5, 0.6) is 0 Å². The maximum Gasteiger partial charge on any atom is 0.341 e. The highest BCUT2D eigenvalue weighted by Crippen LogP contribution is 2.32. The van der Waals surface area contributed by atoms with Crippen LogP contribution >= 0.6 is 0 Å². The van der Waals surface area contributed by atoms with E-state index in [4.69, 9.17) is 4.74 Å². The lowest BCUT2D eigenvalue weighted by molar-refractivity contribution is -0.120. The molecule has 8 nitrogen and oxygen atoms in total. The third kappa shape index (κ3) is 5.05. The normalized spacial score (nSPS) is 15.4. The van der Waals surface area contributed by atoms with Crippen LogP contribution in [-0.4, -0.2) is 48.9 Å². The van der Waals surface area contributed by atoms with Gasteiger partial charge in [0.05, 0.1) is 6.61 Å². The number of aromatic nitrogens is 1. The summed E-state index contributed by atoms with van der Waals surface area (Å²) in [6.07, 6.45) is 0.828. The zero-order valence-corrected chi connectivity index (χ0v) is 21.7. The second-order valence-electron chi connectivity index (χ2n) is 8.88.